The number of allylic oxidation sites excluding steroid dienone is 1. The molecule has 0 aromatic carbocycles. The lowest BCUT2D eigenvalue weighted by Crippen LogP contribution is -2.09. The summed E-state index contributed by atoms with van der Waals surface area (Å²) in [7, 11) is 3.25. The van der Waals surface area contributed by atoms with Crippen LogP contribution >= 0.6 is 0 Å². The molecule has 0 radical (unpaired) electrons. The predicted molar refractivity (Wildman–Crippen MR) is 77.0 cm³/mol. The first-order valence-electron chi connectivity index (χ1n) is 6.09. The molecule has 0 saturated heterocycles. The maximum Gasteiger partial charge on any atom is 0.352 e. The third-order valence-corrected chi connectivity index (χ3v) is 3.37. The molecule has 1 aromatic heterocycles. The fourth-order valence-electron chi connectivity index (χ4n) is 2.22. The van der Waals surface area contributed by atoms with E-state index in [-0.39, 0.29) is 11.6 Å². The summed E-state index contributed by atoms with van der Waals surface area (Å²) in [4.78, 5) is 11.4. The van der Waals surface area contributed by atoms with E-state index in [2.05, 4.69) is 13.2 Å². The molecule has 19 heavy (non-hydrogen) atoms. The molecule has 4 nitrogen and oxygen atoms in total. The van der Waals surface area contributed by atoms with Crippen molar-refractivity contribution in [1.82, 2.24) is 4.57 Å². The molecule has 0 aliphatic rings. The van der Waals surface area contributed by atoms with E-state index in [0.717, 1.165) is 16.8 Å². The van der Waals surface area contributed by atoms with Crippen molar-refractivity contribution in [3.05, 3.63) is 35.7 Å². The van der Waals surface area contributed by atoms with Crippen molar-refractivity contribution in [2.45, 2.75) is 20.8 Å². The Labute approximate surface area is 114 Å². The van der Waals surface area contributed by atoms with Crippen LogP contribution in [-0.4, -0.2) is 22.8 Å². The minimum absolute atomic E-state index is 0.207. The largest absolute Gasteiger partial charge is 0.497 e. The van der Waals surface area contributed by atoms with E-state index in [1.54, 1.807) is 18.5 Å². The number of hydrogen-bond donors (Lipinski definition) is 1. The number of carboxylic acid groups (broad SMARTS) is 1. The summed E-state index contributed by atoms with van der Waals surface area (Å²) in [6, 6.07) is 0. The van der Waals surface area contributed by atoms with E-state index in [4.69, 9.17) is 4.74 Å². The summed E-state index contributed by atoms with van der Waals surface area (Å²) in [5.74, 6) is -0.302. The minimum Gasteiger partial charge on any atom is -0.497 e. The number of aromatic carboxylic acids is 1. The zero-order chi connectivity index (χ0) is 14.9. The first-order valence-corrected chi connectivity index (χ1v) is 6.09. The zero-order valence-corrected chi connectivity index (χ0v) is 12.2. The molecule has 1 aromatic rings. The summed E-state index contributed by atoms with van der Waals surface area (Å²) in [5, 5.41) is 9.34. The summed E-state index contributed by atoms with van der Waals surface area (Å²) in [5.41, 5.74) is 3.26. The van der Waals surface area contributed by atoms with Gasteiger partial charge in [-0.05, 0) is 24.0 Å². The average molecular weight is 263 g/mol. The molecular weight excluding hydrogens is 242 g/mol. The van der Waals surface area contributed by atoms with Gasteiger partial charge in [0.25, 0.3) is 0 Å². The molecule has 0 unspecified atom stereocenters. The average Bonchev–Trinajstić information content (AvgIpc) is 2.58. The summed E-state index contributed by atoms with van der Waals surface area (Å²) in [6.45, 7) is 13.7. The van der Waals surface area contributed by atoms with Crippen molar-refractivity contribution < 1.29 is 14.6 Å². The number of carbonyl (C=O) groups is 1. The van der Waals surface area contributed by atoms with Crippen molar-refractivity contribution in [3.63, 3.8) is 0 Å². The molecule has 0 aliphatic heterocycles. The van der Waals surface area contributed by atoms with Gasteiger partial charge in [-0.3, -0.25) is 0 Å². The smallest absolute Gasteiger partial charge is 0.352 e. The molecule has 1 heterocycles. The van der Waals surface area contributed by atoms with Gasteiger partial charge in [-0.25, -0.2) is 4.79 Å². The second-order valence-corrected chi connectivity index (χ2v) is 4.87. The topological polar surface area (TPSA) is 51.5 Å². The molecule has 104 valence electrons. The van der Waals surface area contributed by atoms with Gasteiger partial charge in [0.15, 0.2) is 0 Å². The van der Waals surface area contributed by atoms with Crippen LogP contribution in [-0.2, 0) is 11.8 Å². The number of methoxy groups -OCH3 is 1. The normalized spacial score (nSPS) is 10.6. The van der Waals surface area contributed by atoms with Gasteiger partial charge in [-0.15, -0.1) is 0 Å². The number of nitrogens with zero attached hydrogens (tertiary/aromatic N) is 1. The van der Waals surface area contributed by atoms with Crippen molar-refractivity contribution in [3.8, 4) is 0 Å². The Balaban J connectivity index is 3.69. The first-order chi connectivity index (χ1) is 8.73. The van der Waals surface area contributed by atoms with Crippen molar-refractivity contribution in [2.75, 3.05) is 7.11 Å². The molecule has 0 bridgehead atoms. The van der Waals surface area contributed by atoms with E-state index in [0.29, 0.717) is 11.3 Å². The third-order valence-electron chi connectivity index (χ3n) is 3.37. The van der Waals surface area contributed by atoms with Crippen LogP contribution in [0.2, 0.25) is 0 Å². The van der Waals surface area contributed by atoms with Gasteiger partial charge >= 0.3 is 5.97 Å². The van der Waals surface area contributed by atoms with Crippen LogP contribution in [0.4, 0.5) is 0 Å². The predicted octanol–water partition coefficient (Wildman–Crippen LogP) is 3.32. The Morgan fingerprint density at radius 1 is 1.32 bits per heavy atom. The van der Waals surface area contributed by atoms with Gasteiger partial charge in [0, 0.05) is 12.6 Å². The monoisotopic (exact) mass is 263 g/mol. The van der Waals surface area contributed by atoms with Gasteiger partial charge in [0.05, 0.1) is 12.8 Å². The maximum absolute atomic E-state index is 11.4. The standard InChI is InChI=1S/C15H21NO3/c1-8(2)9(3)13-12(11(5)19-7)10(4)14(15(17)18)16(13)6/h8H,3,5H2,1-2,4,6-7H3,(H,17,18). The fourth-order valence-corrected chi connectivity index (χ4v) is 2.22. The Morgan fingerprint density at radius 2 is 1.84 bits per heavy atom. The third kappa shape index (κ3) is 2.43. The van der Waals surface area contributed by atoms with Crippen molar-refractivity contribution in [2.24, 2.45) is 13.0 Å². The molecule has 4 heteroatoms. The summed E-state index contributed by atoms with van der Waals surface area (Å²) in [6.07, 6.45) is 0. The summed E-state index contributed by atoms with van der Waals surface area (Å²) < 4.78 is 6.85. The first kappa shape index (κ1) is 15.1. The lowest BCUT2D eigenvalue weighted by Gasteiger charge is -2.15. The van der Waals surface area contributed by atoms with Gasteiger partial charge < -0.3 is 14.4 Å². The highest BCUT2D eigenvalue weighted by molar-refractivity contribution is 5.92. The highest BCUT2D eigenvalue weighted by atomic mass is 16.5. The molecule has 0 spiro atoms. The van der Waals surface area contributed by atoms with Gasteiger partial charge in [0.2, 0.25) is 0 Å². The Bertz CT molecular complexity index is 550. The number of carboxylic acids is 1. The van der Waals surface area contributed by atoms with Crippen LogP contribution in [0, 0.1) is 12.8 Å². The molecular formula is C15H21NO3. The van der Waals surface area contributed by atoms with Crippen LogP contribution in [0.25, 0.3) is 11.3 Å². The molecule has 0 atom stereocenters. The highest BCUT2D eigenvalue weighted by Gasteiger charge is 2.26. The Kier molecular flexibility index (Phi) is 4.24. The van der Waals surface area contributed by atoms with Crippen LogP contribution in [0.3, 0.4) is 0 Å². The van der Waals surface area contributed by atoms with E-state index < -0.39 is 5.97 Å². The Morgan fingerprint density at radius 3 is 2.21 bits per heavy atom. The number of ether oxygens (including phenoxy) is 1. The van der Waals surface area contributed by atoms with Crippen LogP contribution in [0.1, 0.15) is 41.2 Å². The van der Waals surface area contributed by atoms with E-state index in [9.17, 15) is 9.90 Å². The second kappa shape index (κ2) is 5.34. The van der Waals surface area contributed by atoms with E-state index in [1.807, 2.05) is 13.8 Å². The second-order valence-electron chi connectivity index (χ2n) is 4.87. The molecule has 1 rings (SSSR count). The van der Waals surface area contributed by atoms with Crippen molar-refractivity contribution >= 4 is 17.3 Å². The van der Waals surface area contributed by atoms with Crippen LogP contribution in [0.5, 0.6) is 0 Å². The van der Waals surface area contributed by atoms with Crippen LogP contribution < -0.4 is 0 Å². The maximum atomic E-state index is 11.4. The van der Waals surface area contributed by atoms with E-state index in [1.165, 1.54) is 7.11 Å². The van der Waals surface area contributed by atoms with Gasteiger partial charge in [-0.1, -0.05) is 27.0 Å². The van der Waals surface area contributed by atoms with Crippen molar-refractivity contribution in [1.29, 1.82) is 0 Å². The van der Waals surface area contributed by atoms with Gasteiger partial charge in [0.1, 0.15) is 11.5 Å². The lowest BCUT2D eigenvalue weighted by molar-refractivity contribution is 0.0685. The fraction of sp³-hybridized carbons (Fsp3) is 0.400. The number of rotatable bonds is 5. The molecule has 1 N–H and O–H groups in total. The van der Waals surface area contributed by atoms with Gasteiger partial charge in [-0.2, -0.15) is 0 Å². The molecule has 0 fully saturated rings. The van der Waals surface area contributed by atoms with E-state index >= 15 is 0 Å². The number of aromatic nitrogens is 1. The SMILES string of the molecule is C=C(OC)c1c(C)c(C(=O)O)n(C)c1C(=C)C(C)C. The number of hydrogen-bond acceptors (Lipinski definition) is 2. The minimum atomic E-state index is -0.965. The molecule has 0 saturated carbocycles. The molecule has 0 amide bonds. The van der Waals surface area contributed by atoms with Crippen LogP contribution in [0.15, 0.2) is 13.2 Å². The molecule has 0 aliphatic carbocycles. The Hall–Kier alpha value is -1.97. The highest BCUT2D eigenvalue weighted by Crippen LogP contribution is 2.34. The lowest BCUT2D eigenvalue weighted by atomic mass is 9.97. The quantitative estimate of drug-likeness (QED) is 0.829. The zero-order valence-electron chi connectivity index (χ0n) is 12.2. The summed E-state index contributed by atoms with van der Waals surface area (Å²) >= 11 is 0.